The molecule has 0 saturated heterocycles. The molecule has 0 aliphatic rings. The van der Waals surface area contributed by atoms with Gasteiger partial charge in [-0.05, 0) is 19.9 Å². The Morgan fingerprint density at radius 1 is 1.20 bits per heavy atom. The summed E-state index contributed by atoms with van der Waals surface area (Å²) in [7, 11) is 0. The van der Waals surface area contributed by atoms with Crippen molar-refractivity contribution in [1.82, 2.24) is 5.32 Å². The van der Waals surface area contributed by atoms with E-state index < -0.39 is 36.6 Å². The summed E-state index contributed by atoms with van der Waals surface area (Å²) in [6, 6.07) is 0. The van der Waals surface area contributed by atoms with Crippen molar-refractivity contribution >= 4 is 5.97 Å². The average Bonchev–Trinajstić information content (AvgIpc) is 2.22. The summed E-state index contributed by atoms with van der Waals surface area (Å²) in [5.41, 5.74) is -2.04. The van der Waals surface area contributed by atoms with Crippen molar-refractivity contribution < 1.29 is 41.0 Å². The predicted octanol–water partition coefficient (Wildman–Crippen LogP) is 2.34. The lowest BCUT2D eigenvalue weighted by Gasteiger charge is -2.30. The second-order valence-corrected chi connectivity index (χ2v) is 4.34. The third-order valence-electron chi connectivity index (χ3n) is 2.37. The van der Waals surface area contributed by atoms with Gasteiger partial charge in [-0.25, -0.2) is 0 Å². The number of alkyl halides is 6. The van der Waals surface area contributed by atoms with E-state index in [1.807, 2.05) is 0 Å². The highest BCUT2D eigenvalue weighted by molar-refractivity contribution is 5.78. The fraction of sp³-hybridized carbons (Fsp3) is 0.900. The Kier molecular flexibility index (Phi) is 6.27. The number of carbonyl (C=O) groups is 1. The van der Waals surface area contributed by atoms with Crippen LogP contribution in [0.3, 0.4) is 0 Å². The van der Waals surface area contributed by atoms with Crippen LogP contribution in [0.2, 0.25) is 0 Å². The maximum atomic E-state index is 12.2. The molecule has 0 aromatic carbocycles. The summed E-state index contributed by atoms with van der Waals surface area (Å²) >= 11 is 0. The largest absolute Gasteiger partial charge is 0.480 e. The minimum Gasteiger partial charge on any atom is -0.480 e. The first-order valence-electron chi connectivity index (χ1n) is 5.58. The number of nitrogens with one attached hydrogen (secondary N) is 1. The number of carboxylic acids is 1. The molecule has 0 spiro atoms. The van der Waals surface area contributed by atoms with Gasteiger partial charge in [0.2, 0.25) is 6.10 Å². The van der Waals surface area contributed by atoms with Crippen molar-refractivity contribution in [2.45, 2.75) is 44.3 Å². The van der Waals surface area contributed by atoms with E-state index in [4.69, 9.17) is 5.11 Å². The van der Waals surface area contributed by atoms with Crippen molar-refractivity contribution in [3.63, 3.8) is 0 Å². The van der Waals surface area contributed by atoms with Crippen molar-refractivity contribution in [1.29, 1.82) is 0 Å². The van der Waals surface area contributed by atoms with E-state index in [1.165, 1.54) is 0 Å². The van der Waals surface area contributed by atoms with Crippen LogP contribution in [0.15, 0.2) is 0 Å². The molecular weight excluding hydrogens is 296 g/mol. The molecule has 0 amide bonds. The summed E-state index contributed by atoms with van der Waals surface area (Å²) in [5, 5.41) is 11.2. The molecule has 1 atom stereocenters. The first kappa shape index (κ1) is 19.0. The maximum absolute atomic E-state index is 12.2. The van der Waals surface area contributed by atoms with Crippen molar-refractivity contribution in [3.8, 4) is 0 Å². The van der Waals surface area contributed by atoms with Gasteiger partial charge >= 0.3 is 18.3 Å². The molecule has 20 heavy (non-hydrogen) atoms. The molecule has 0 radical (unpaired) electrons. The molecule has 0 rings (SSSR count). The van der Waals surface area contributed by atoms with Crippen LogP contribution in [0.1, 0.15) is 20.3 Å². The Bertz CT molecular complexity index is 316. The summed E-state index contributed by atoms with van der Waals surface area (Å²) < 4.78 is 77.2. The Morgan fingerprint density at radius 3 is 1.95 bits per heavy atom. The minimum atomic E-state index is -5.66. The quantitative estimate of drug-likeness (QED) is 0.709. The summed E-state index contributed by atoms with van der Waals surface area (Å²) in [5.74, 6) is -1.60. The highest BCUT2D eigenvalue weighted by Gasteiger charge is 2.58. The van der Waals surface area contributed by atoms with Gasteiger partial charge in [0.1, 0.15) is 5.54 Å². The first-order valence-corrected chi connectivity index (χ1v) is 5.58. The third-order valence-corrected chi connectivity index (χ3v) is 2.37. The molecule has 0 saturated carbocycles. The van der Waals surface area contributed by atoms with E-state index in [0.29, 0.717) is 6.42 Å². The molecule has 0 fully saturated rings. The number of aliphatic carboxylic acids is 1. The van der Waals surface area contributed by atoms with Crippen molar-refractivity contribution in [2.24, 2.45) is 0 Å². The standard InChI is InChI=1S/C10H15F6NO3/c1-3-4-17-8(2,7(18)19)5-20-6(9(11,12)13)10(14,15)16/h6,17H,3-5H2,1-2H3,(H,18,19). The maximum Gasteiger partial charge on any atom is 0.423 e. The first-order chi connectivity index (χ1) is 8.84. The molecule has 10 heteroatoms. The fourth-order valence-electron chi connectivity index (χ4n) is 1.21. The van der Waals surface area contributed by atoms with Crippen LogP contribution in [0, 0.1) is 0 Å². The van der Waals surface area contributed by atoms with E-state index in [1.54, 1.807) is 6.92 Å². The number of carboxylic acid groups (broad SMARTS) is 1. The molecule has 0 aliphatic carbocycles. The molecule has 0 aromatic rings. The topological polar surface area (TPSA) is 58.6 Å². The van der Waals surface area contributed by atoms with Crippen LogP contribution in [0.25, 0.3) is 0 Å². The van der Waals surface area contributed by atoms with E-state index in [2.05, 4.69) is 10.1 Å². The number of hydrogen-bond donors (Lipinski definition) is 2. The van der Waals surface area contributed by atoms with Crippen molar-refractivity contribution in [2.75, 3.05) is 13.2 Å². The fourth-order valence-corrected chi connectivity index (χ4v) is 1.21. The second kappa shape index (κ2) is 6.61. The number of ether oxygens (including phenoxy) is 1. The Labute approximate surface area is 111 Å². The number of halogens is 6. The van der Waals surface area contributed by atoms with Gasteiger partial charge < -0.3 is 15.2 Å². The summed E-state index contributed by atoms with van der Waals surface area (Å²) in [6.07, 6.45) is -14.9. The van der Waals surface area contributed by atoms with Gasteiger partial charge in [0.05, 0.1) is 6.61 Å². The Morgan fingerprint density at radius 2 is 1.65 bits per heavy atom. The normalized spacial score (nSPS) is 16.2. The van der Waals surface area contributed by atoms with Crippen LogP contribution in [0.4, 0.5) is 26.3 Å². The molecule has 120 valence electrons. The van der Waals surface area contributed by atoms with E-state index in [9.17, 15) is 31.1 Å². The van der Waals surface area contributed by atoms with Crippen LogP contribution < -0.4 is 5.32 Å². The number of rotatable bonds is 7. The van der Waals surface area contributed by atoms with E-state index in [-0.39, 0.29) is 6.54 Å². The van der Waals surface area contributed by atoms with Gasteiger partial charge in [0.25, 0.3) is 0 Å². The molecule has 2 N–H and O–H groups in total. The molecule has 4 nitrogen and oxygen atoms in total. The molecule has 0 aromatic heterocycles. The molecule has 0 heterocycles. The minimum absolute atomic E-state index is 0.106. The SMILES string of the molecule is CCCNC(C)(COC(C(F)(F)F)C(F)(F)F)C(=O)O. The zero-order valence-electron chi connectivity index (χ0n) is 10.7. The molecule has 1 unspecified atom stereocenters. The molecular formula is C10H15F6NO3. The van der Waals surface area contributed by atoms with Gasteiger partial charge in [0.15, 0.2) is 0 Å². The Hall–Kier alpha value is -1.03. The second-order valence-electron chi connectivity index (χ2n) is 4.34. The summed E-state index contributed by atoms with van der Waals surface area (Å²) in [4.78, 5) is 10.9. The lowest BCUT2D eigenvalue weighted by atomic mass is 10.0. The average molecular weight is 311 g/mol. The summed E-state index contributed by atoms with van der Waals surface area (Å²) in [6.45, 7) is 1.44. The monoisotopic (exact) mass is 311 g/mol. The van der Waals surface area contributed by atoms with Gasteiger partial charge in [-0.15, -0.1) is 0 Å². The highest BCUT2D eigenvalue weighted by Crippen LogP contribution is 2.36. The van der Waals surface area contributed by atoms with Crippen LogP contribution in [-0.2, 0) is 9.53 Å². The van der Waals surface area contributed by atoms with Gasteiger partial charge in [-0.1, -0.05) is 6.92 Å². The van der Waals surface area contributed by atoms with Crippen LogP contribution >= 0.6 is 0 Å². The van der Waals surface area contributed by atoms with Gasteiger partial charge in [-0.2, -0.15) is 26.3 Å². The highest BCUT2D eigenvalue weighted by atomic mass is 19.4. The zero-order chi connectivity index (χ0) is 16.2. The van der Waals surface area contributed by atoms with Gasteiger partial charge in [0, 0.05) is 0 Å². The van der Waals surface area contributed by atoms with Crippen LogP contribution in [0.5, 0.6) is 0 Å². The smallest absolute Gasteiger partial charge is 0.423 e. The Balaban J connectivity index is 4.94. The third kappa shape index (κ3) is 5.53. The molecule has 0 bridgehead atoms. The van der Waals surface area contributed by atoms with E-state index in [0.717, 1.165) is 6.92 Å². The molecule has 0 aliphatic heterocycles. The lowest BCUT2D eigenvalue weighted by Crippen LogP contribution is -2.56. The number of hydrogen-bond acceptors (Lipinski definition) is 3. The predicted molar refractivity (Wildman–Crippen MR) is 56.2 cm³/mol. The lowest BCUT2D eigenvalue weighted by molar-refractivity contribution is -0.324. The van der Waals surface area contributed by atoms with Gasteiger partial charge in [-0.3, -0.25) is 4.79 Å². The van der Waals surface area contributed by atoms with Crippen molar-refractivity contribution in [3.05, 3.63) is 0 Å². The zero-order valence-corrected chi connectivity index (χ0v) is 10.7. The van der Waals surface area contributed by atoms with E-state index >= 15 is 0 Å². The van der Waals surface area contributed by atoms with Crippen LogP contribution in [-0.4, -0.2) is 48.2 Å².